The standard InChI is InChI=1S/C20H27N3O3/c1-13(2)12-23-15(4)16(14(3)22-23)10-11-19(24)21-18-9-7-6-8-17(18)20(25)26-5/h6-9,13H,10-12H2,1-5H3,(H,21,24). The number of benzene rings is 1. The molecular formula is C20H27N3O3. The quantitative estimate of drug-likeness (QED) is 0.770. The Hall–Kier alpha value is -2.63. The van der Waals surface area contributed by atoms with Gasteiger partial charge in [-0.1, -0.05) is 26.0 Å². The van der Waals surface area contributed by atoms with Crippen molar-refractivity contribution < 1.29 is 14.3 Å². The summed E-state index contributed by atoms with van der Waals surface area (Å²) in [6.07, 6.45) is 0.937. The summed E-state index contributed by atoms with van der Waals surface area (Å²) in [6, 6.07) is 6.83. The van der Waals surface area contributed by atoms with Crippen LogP contribution in [0, 0.1) is 19.8 Å². The first-order chi connectivity index (χ1) is 12.3. The van der Waals surface area contributed by atoms with Gasteiger partial charge in [-0.15, -0.1) is 0 Å². The smallest absolute Gasteiger partial charge is 0.339 e. The number of ether oxygens (including phenoxy) is 1. The minimum atomic E-state index is -0.470. The number of nitrogens with one attached hydrogen (secondary N) is 1. The molecule has 1 heterocycles. The first kappa shape index (κ1) is 19.7. The third kappa shape index (κ3) is 4.71. The van der Waals surface area contributed by atoms with E-state index in [0.717, 1.165) is 23.5 Å². The Labute approximate surface area is 154 Å². The van der Waals surface area contributed by atoms with Gasteiger partial charge in [0.05, 0.1) is 24.1 Å². The molecule has 1 aromatic carbocycles. The van der Waals surface area contributed by atoms with Gasteiger partial charge in [-0.25, -0.2) is 4.79 Å². The van der Waals surface area contributed by atoms with Gasteiger partial charge in [0.1, 0.15) is 0 Å². The van der Waals surface area contributed by atoms with Crippen molar-refractivity contribution in [3.8, 4) is 0 Å². The van der Waals surface area contributed by atoms with Crippen LogP contribution in [0.1, 0.15) is 47.6 Å². The molecule has 0 spiro atoms. The molecule has 0 saturated carbocycles. The average molecular weight is 357 g/mol. The van der Waals surface area contributed by atoms with Crippen LogP contribution < -0.4 is 5.32 Å². The van der Waals surface area contributed by atoms with Gasteiger partial charge in [0.25, 0.3) is 0 Å². The van der Waals surface area contributed by atoms with Gasteiger partial charge in [0.15, 0.2) is 0 Å². The predicted molar refractivity (Wildman–Crippen MR) is 101 cm³/mol. The number of methoxy groups -OCH3 is 1. The van der Waals surface area contributed by atoms with E-state index in [2.05, 4.69) is 24.3 Å². The van der Waals surface area contributed by atoms with E-state index in [4.69, 9.17) is 4.74 Å². The van der Waals surface area contributed by atoms with Crippen molar-refractivity contribution in [1.82, 2.24) is 9.78 Å². The van der Waals surface area contributed by atoms with E-state index in [1.807, 2.05) is 18.5 Å². The number of esters is 1. The second kappa shape index (κ2) is 8.65. The van der Waals surface area contributed by atoms with Crippen LogP contribution in [0.2, 0.25) is 0 Å². The van der Waals surface area contributed by atoms with Crippen LogP contribution in [0.4, 0.5) is 5.69 Å². The maximum Gasteiger partial charge on any atom is 0.339 e. The molecule has 2 aromatic rings. The summed E-state index contributed by atoms with van der Waals surface area (Å²) < 4.78 is 6.77. The monoisotopic (exact) mass is 357 g/mol. The van der Waals surface area contributed by atoms with Crippen molar-refractivity contribution in [3.63, 3.8) is 0 Å². The molecule has 26 heavy (non-hydrogen) atoms. The number of para-hydroxylation sites is 1. The predicted octanol–water partition coefficient (Wildman–Crippen LogP) is 3.51. The summed E-state index contributed by atoms with van der Waals surface area (Å²) in [5.41, 5.74) is 4.00. The molecule has 1 aromatic heterocycles. The highest BCUT2D eigenvalue weighted by Crippen LogP contribution is 2.19. The average Bonchev–Trinajstić information content (AvgIpc) is 2.85. The Balaban J connectivity index is 2.04. The number of hydrogen-bond donors (Lipinski definition) is 1. The van der Waals surface area contributed by atoms with Crippen LogP contribution in [0.3, 0.4) is 0 Å². The van der Waals surface area contributed by atoms with Gasteiger partial charge in [-0.3, -0.25) is 9.48 Å². The molecular weight excluding hydrogens is 330 g/mol. The van der Waals surface area contributed by atoms with Gasteiger partial charge in [0.2, 0.25) is 5.91 Å². The molecule has 0 aliphatic heterocycles. The molecule has 1 N–H and O–H groups in total. The lowest BCUT2D eigenvalue weighted by atomic mass is 10.1. The number of aryl methyl sites for hydroxylation is 1. The summed E-state index contributed by atoms with van der Waals surface area (Å²) >= 11 is 0. The van der Waals surface area contributed by atoms with Gasteiger partial charge in [0, 0.05) is 18.7 Å². The van der Waals surface area contributed by atoms with Crippen LogP contribution in [-0.4, -0.2) is 28.8 Å². The number of nitrogens with zero attached hydrogens (tertiary/aromatic N) is 2. The van der Waals surface area contributed by atoms with E-state index < -0.39 is 5.97 Å². The fourth-order valence-corrected chi connectivity index (χ4v) is 2.95. The Morgan fingerprint density at radius 3 is 2.58 bits per heavy atom. The Morgan fingerprint density at radius 2 is 1.92 bits per heavy atom. The summed E-state index contributed by atoms with van der Waals surface area (Å²) in [5, 5.41) is 7.39. The first-order valence-corrected chi connectivity index (χ1v) is 8.83. The molecule has 0 aliphatic rings. The number of amides is 1. The zero-order valence-electron chi connectivity index (χ0n) is 16.1. The van der Waals surface area contributed by atoms with Crippen LogP contribution in [-0.2, 0) is 22.5 Å². The lowest BCUT2D eigenvalue weighted by Gasteiger charge is -2.10. The molecule has 0 saturated heterocycles. The molecule has 0 bridgehead atoms. The van der Waals surface area contributed by atoms with Gasteiger partial charge in [-0.2, -0.15) is 5.10 Å². The van der Waals surface area contributed by atoms with Gasteiger partial charge in [-0.05, 0) is 43.9 Å². The summed E-state index contributed by atoms with van der Waals surface area (Å²) in [5.74, 6) is -0.0988. The third-order valence-corrected chi connectivity index (χ3v) is 4.28. The Kier molecular flexibility index (Phi) is 6.55. The second-order valence-corrected chi connectivity index (χ2v) is 6.81. The number of carbonyl (C=O) groups excluding carboxylic acids is 2. The van der Waals surface area contributed by atoms with Crippen LogP contribution >= 0.6 is 0 Å². The fraction of sp³-hybridized carbons (Fsp3) is 0.450. The molecule has 6 nitrogen and oxygen atoms in total. The fourth-order valence-electron chi connectivity index (χ4n) is 2.95. The van der Waals surface area contributed by atoms with E-state index in [1.165, 1.54) is 7.11 Å². The highest BCUT2D eigenvalue weighted by Gasteiger charge is 2.16. The Morgan fingerprint density at radius 1 is 1.23 bits per heavy atom. The Bertz CT molecular complexity index is 794. The zero-order valence-corrected chi connectivity index (χ0v) is 16.1. The van der Waals surface area contributed by atoms with Crippen LogP contribution in [0.5, 0.6) is 0 Å². The van der Waals surface area contributed by atoms with Crippen molar-refractivity contribution in [2.45, 2.75) is 47.1 Å². The van der Waals surface area contributed by atoms with Crippen molar-refractivity contribution in [1.29, 1.82) is 0 Å². The number of anilines is 1. The number of rotatable bonds is 7. The lowest BCUT2D eigenvalue weighted by molar-refractivity contribution is -0.116. The van der Waals surface area contributed by atoms with Crippen molar-refractivity contribution >= 4 is 17.6 Å². The molecule has 140 valence electrons. The molecule has 0 atom stereocenters. The van der Waals surface area contributed by atoms with Crippen LogP contribution in [0.25, 0.3) is 0 Å². The van der Waals surface area contributed by atoms with Crippen molar-refractivity contribution in [3.05, 3.63) is 46.8 Å². The van der Waals surface area contributed by atoms with E-state index >= 15 is 0 Å². The highest BCUT2D eigenvalue weighted by molar-refractivity contribution is 6.01. The van der Waals surface area contributed by atoms with E-state index in [0.29, 0.717) is 30.0 Å². The van der Waals surface area contributed by atoms with Crippen molar-refractivity contribution in [2.24, 2.45) is 5.92 Å². The minimum absolute atomic E-state index is 0.142. The topological polar surface area (TPSA) is 73.2 Å². The number of aromatic nitrogens is 2. The highest BCUT2D eigenvalue weighted by atomic mass is 16.5. The number of hydrogen-bond acceptors (Lipinski definition) is 4. The van der Waals surface area contributed by atoms with E-state index in [1.54, 1.807) is 24.3 Å². The summed E-state index contributed by atoms with van der Waals surface area (Å²) in [7, 11) is 1.32. The van der Waals surface area contributed by atoms with Gasteiger partial charge < -0.3 is 10.1 Å². The van der Waals surface area contributed by atoms with E-state index in [-0.39, 0.29) is 5.91 Å². The number of carbonyl (C=O) groups is 2. The maximum atomic E-state index is 12.4. The summed E-state index contributed by atoms with van der Waals surface area (Å²) in [6.45, 7) is 9.20. The van der Waals surface area contributed by atoms with E-state index in [9.17, 15) is 9.59 Å². The molecule has 1 amide bonds. The second-order valence-electron chi connectivity index (χ2n) is 6.81. The molecule has 0 fully saturated rings. The first-order valence-electron chi connectivity index (χ1n) is 8.83. The lowest BCUT2D eigenvalue weighted by Crippen LogP contribution is -2.16. The normalized spacial score (nSPS) is 10.8. The SMILES string of the molecule is COC(=O)c1ccccc1NC(=O)CCc1c(C)nn(CC(C)C)c1C. The molecule has 0 aliphatic carbocycles. The largest absolute Gasteiger partial charge is 0.465 e. The maximum absolute atomic E-state index is 12.4. The molecule has 6 heteroatoms. The van der Waals surface area contributed by atoms with Gasteiger partial charge >= 0.3 is 5.97 Å². The van der Waals surface area contributed by atoms with Crippen molar-refractivity contribution in [2.75, 3.05) is 12.4 Å². The molecule has 0 unspecified atom stereocenters. The molecule has 0 radical (unpaired) electrons. The molecule has 2 rings (SSSR count). The zero-order chi connectivity index (χ0) is 19.3. The minimum Gasteiger partial charge on any atom is -0.465 e. The summed E-state index contributed by atoms with van der Waals surface area (Å²) in [4.78, 5) is 24.2. The third-order valence-electron chi connectivity index (χ3n) is 4.28. The van der Waals surface area contributed by atoms with Crippen LogP contribution in [0.15, 0.2) is 24.3 Å².